The van der Waals surface area contributed by atoms with Gasteiger partial charge >= 0.3 is 6.03 Å². The van der Waals surface area contributed by atoms with Gasteiger partial charge in [0.2, 0.25) is 0 Å². The zero-order valence-electron chi connectivity index (χ0n) is 8.12. The molecule has 3 N–H and O–H groups in total. The highest BCUT2D eigenvalue weighted by molar-refractivity contribution is 6.31. The van der Waals surface area contributed by atoms with Crippen molar-refractivity contribution < 1.29 is 4.79 Å². The van der Waals surface area contributed by atoms with Crippen LogP contribution in [0.5, 0.6) is 0 Å². The molecule has 0 saturated heterocycles. The van der Waals surface area contributed by atoms with Gasteiger partial charge in [0.15, 0.2) is 0 Å². The molecule has 1 aromatic rings. The molecule has 0 bridgehead atoms. The van der Waals surface area contributed by atoms with Crippen molar-refractivity contribution in [3.8, 4) is 0 Å². The summed E-state index contributed by atoms with van der Waals surface area (Å²) in [6.45, 7) is 1.91. The van der Waals surface area contributed by atoms with Crippen molar-refractivity contribution in [3.05, 3.63) is 34.3 Å². The van der Waals surface area contributed by atoms with Crippen LogP contribution in [0.2, 0.25) is 5.02 Å². The van der Waals surface area contributed by atoms with Gasteiger partial charge in [-0.15, -0.1) is 0 Å². The maximum absolute atomic E-state index is 11.0. The summed E-state index contributed by atoms with van der Waals surface area (Å²) >= 11 is 5.98. The minimum Gasteiger partial charge on any atom is -0.385 e. The van der Waals surface area contributed by atoms with Gasteiger partial charge in [0, 0.05) is 5.02 Å². The van der Waals surface area contributed by atoms with Gasteiger partial charge in [-0.05, 0) is 24.1 Å². The Morgan fingerprint density at radius 1 is 1.53 bits per heavy atom. The van der Waals surface area contributed by atoms with Gasteiger partial charge < -0.3 is 11.1 Å². The number of nitrogens with one attached hydrogen (secondary N) is 1. The van der Waals surface area contributed by atoms with Gasteiger partial charge in [-0.3, -0.25) is 0 Å². The Morgan fingerprint density at radius 2 is 2.27 bits per heavy atom. The quantitative estimate of drug-likeness (QED) is 0.762. The van der Waals surface area contributed by atoms with E-state index in [-0.39, 0.29) is 11.9 Å². The number of amidine groups is 1. The fraction of sp³-hybridized carbons (Fsp3) is 0.200. The first-order valence-corrected chi connectivity index (χ1v) is 4.86. The minimum absolute atomic E-state index is 0.278. The molecule has 4 nitrogen and oxygen atoms in total. The molecular formula is C10H10ClN3O. The standard InChI is InChI=1S/C10H10ClN3O/c1-5-2-3-6(4-7(5)11)8-9(12)14-10(15)13-8/h2-4,8H,1H3,(H3,12,13,14,15). The van der Waals surface area contributed by atoms with E-state index in [1.807, 2.05) is 19.1 Å². The van der Waals surface area contributed by atoms with Crippen LogP contribution in [0.4, 0.5) is 4.79 Å². The molecule has 2 rings (SSSR count). The first kappa shape index (κ1) is 9.98. The van der Waals surface area contributed by atoms with Crippen molar-refractivity contribution in [3.63, 3.8) is 0 Å². The van der Waals surface area contributed by atoms with Gasteiger partial charge in [0.1, 0.15) is 11.9 Å². The number of nitrogens with two attached hydrogens (primary N) is 1. The number of amides is 2. The number of hydrogen-bond acceptors (Lipinski definition) is 2. The molecule has 1 aliphatic heterocycles. The number of nitrogens with zero attached hydrogens (tertiary/aromatic N) is 1. The number of benzene rings is 1. The summed E-state index contributed by atoms with van der Waals surface area (Å²) in [5.74, 6) is 0.278. The van der Waals surface area contributed by atoms with Crippen LogP contribution < -0.4 is 11.1 Å². The van der Waals surface area contributed by atoms with E-state index < -0.39 is 6.03 Å². The highest BCUT2D eigenvalue weighted by Gasteiger charge is 2.25. The second-order valence-corrected chi connectivity index (χ2v) is 3.83. The van der Waals surface area contributed by atoms with Crippen molar-refractivity contribution in [1.29, 1.82) is 0 Å². The molecule has 1 unspecified atom stereocenters. The van der Waals surface area contributed by atoms with E-state index in [4.69, 9.17) is 17.3 Å². The normalized spacial score (nSPS) is 20.0. The van der Waals surface area contributed by atoms with Crippen molar-refractivity contribution in [2.24, 2.45) is 10.7 Å². The second kappa shape index (κ2) is 3.55. The lowest BCUT2D eigenvalue weighted by Gasteiger charge is -2.11. The van der Waals surface area contributed by atoms with Gasteiger partial charge in [-0.1, -0.05) is 23.7 Å². The number of urea groups is 1. The third-order valence-corrected chi connectivity index (χ3v) is 2.73. The maximum Gasteiger partial charge on any atom is 0.343 e. The summed E-state index contributed by atoms with van der Waals surface area (Å²) in [7, 11) is 0. The largest absolute Gasteiger partial charge is 0.385 e. The van der Waals surface area contributed by atoms with Crippen LogP contribution in [0.25, 0.3) is 0 Å². The smallest absolute Gasteiger partial charge is 0.343 e. The number of hydrogen-bond donors (Lipinski definition) is 2. The van der Waals surface area contributed by atoms with Gasteiger partial charge in [-0.2, -0.15) is 4.99 Å². The number of rotatable bonds is 1. The lowest BCUT2D eigenvalue weighted by atomic mass is 10.1. The lowest BCUT2D eigenvalue weighted by Crippen LogP contribution is -2.27. The third-order valence-electron chi connectivity index (χ3n) is 2.32. The van der Waals surface area contributed by atoms with Crippen molar-refractivity contribution >= 4 is 23.5 Å². The number of carbonyl (C=O) groups excluding carboxylic acids is 1. The Balaban J connectivity index is 2.35. The molecule has 1 heterocycles. The average molecular weight is 224 g/mol. The molecule has 0 aromatic heterocycles. The lowest BCUT2D eigenvalue weighted by molar-refractivity contribution is 0.250. The Morgan fingerprint density at radius 3 is 2.80 bits per heavy atom. The van der Waals surface area contributed by atoms with E-state index in [0.717, 1.165) is 11.1 Å². The Kier molecular flexibility index (Phi) is 2.36. The third kappa shape index (κ3) is 1.80. The highest BCUT2D eigenvalue weighted by Crippen LogP contribution is 2.23. The maximum atomic E-state index is 11.0. The Labute approximate surface area is 92.1 Å². The fourth-order valence-electron chi connectivity index (χ4n) is 1.45. The highest BCUT2D eigenvalue weighted by atomic mass is 35.5. The fourth-order valence-corrected chi connectivity index (χ4v) is 1.64. The van der Waals surface area contributed by atoms with Crippen LogP contribution in [0.15, 0.2) is 23.2 Å². The monoisotopic (exact) mass is 223 g/mol. The zero-order valence-corrected chi connectivity index (χ0v) is 8.88. The summed E-state index contributed by atoms with van der Waals surface area (Å²) in [6, 6.07) is 4.79. The predicted octanol–water partition coefficient (Wildman–Crippen LogP) is 1.77. The van der Waals surface area contributed by atoms with Crippen molar-refractivity contribution in [2.45, 2.75) is 13.0 Å². The average Bonchev–Trinajstić information content (AvgIpc) is 2.50. The number of aliphatic imine (C=N–C) groups is 1. The summed E-state index contributed by atoms with van der Waals surface area (Å²) in [5.41, 5.74) is 7.44. The summed E-state index contributed by atoms with van der Waals surface area (Å²) in [6.07, 6.45) is 0. The summed E-state index contributed by atoms with van der Waals surface area (Å²) in [5, 5.41) is 3.29. The van der Waals surface area contributed by atoms with E-state index in [0.29, 0.717) is 5.02 Å². The molecule has 0 spiro atoms. The van der Waals surface area contributed by atoms with E-state index in [9.17, 15) is 4.79 Å². The molecule has 15 heavy (non-hydrogen) atoms. The van der Waals surface area contributed by atoms with Gasteiger partial charge in [0.05, 0.1) is 0 Å². The predicted molar refractivity (Wildman–Crippen MR) is 59.1 cm³/mol. The molecule has 1 atom stereocenters. The van der Waals surface area contributed by atoms with Crippen LogP contribution in [0.1, 0.15) is 17.2 Å². The van der Waals surface area contributed by atoms with Crippen LogP contribution in [0.3, 0.4) is 0 Å². The first-order valence-electron chi connectivity index (χ1n) is 4.48. The summed E-state index contributed by atoms with van der Waals surface area (Å²) in [4.78, 5) is 14.6. The van der Waals surface area contributed by atoms with Crippen LogP contribution >= 0.6 is 11.6 Å². The van der Waals surface area contributed by atoms with E-state index in [1.165, 1.54) is 0 Å². The Bertz CT molecular complexity index is 456. The number of halogens is 1. The molecule has 0 radical (unpaired) electrons. The molecule has 0 saturated carbocycles. The molecule has 0 fully saturated rings. The van der Waals surface area contributed by atoms with E-state index in [2.05, 4.69) is 10.3 Å². The number of aryl methyl sites for hydroxylation is 1. The van der Waals surface area contributed by atoms with Gasteiger partial charge in [-0.25, -0.2) is 4.79 Å². The zero-order chi connectivity index (χ0) is 11.0. The molecule has 1 aromatic carbocycles. The van der Waals surface area contributed by atoms with E-state index in [1.54, 1.807) is 6.07 Å². The van der Waals surface area contributed by atoms with Crippen molar-refractivity contribution in [1.82, 2.24) is 5.32 Å². The van der Waals surface area contributed by atoms with E-state index >= 15 is 0 Å². The molecular weight excluding hydrogens is 214 g/mol. The molecule has 78 valence electrons. The Hall–Kier alpha value is -1.55. The SMILES string of the molecule is Cc1ccc(C2NC(=O)N=C2N)cc1Cl. The van der Waals surface area contributed by atoms with Gasteiger partial charge in [0.25, 0.3) is 0 Å². The number of carbonyl (C=O) groups is 1. The van der Waals surface area contributed by atoms with Crippen LogP contribution in [-0.2, 0) is 0 Å². The molecule has 5 heteroatoms. The van der Waals surface area contributed by atoms with Crippen molar-refractivity contribution in [2.75, 3.05) is 0 Å². The topological polar surface area (TPSA) is 67.5 Å². The summed E-state index contributed by atoms with van der Waals surface area (Å²) < 4.78 is 0. The molecule has 2 amide bonds. The molecule has 1 aliphatic rings. The molecule has 0 aliphatic carbocycles. The van der Waals surface area contributed by atoms with Crippen LogP contribution in [0, 0.1) is 6.92 Å². The first-order chi connectivity index (χ1) is 7.08. The van der Waals surface area contributed by atoms with Crippen LogP contribution in [-0.4, -0.2) is 11.9 Å². The second-order valence-electron chi connectivity index (χ2n) is 3.43. The minimum atomic E-state index is -0.408.